The molecule has 1 aliphatic heterocycles. The van der Waals surface area contributed by atoms with E-state index in [9.17, 15) is 14.4 Å². The molecule has 0 bridgehead atoms. The number of furan rings is 1. The van der Waals surface area contributed by atoms with E-state index in [1.165, 1.54) is 17.6 Å². The van der Waals surface area contributed by atoms with Crippen molar-refractivity contribution >= 4 is 34.1 Å². The summed E-state index contributed by atoms with van der Waals surface area (Å²) < 4.78 is 5.16. The first-order valence-electron chi connectivity index (χ1n) is 9.69. The Kier molecular flexibility index (Phi) is 5.26. The van der Waals surface area contributed by atoms with Crippen LogP contribution in [-0.4, -0.2) is 65.1 Å². The summed E-state index contributed by atoms with van der Waals surface area (Å²) in [6.45, 7) is 6.65. The van der Waals surface area contributed by atoms with Crippen LogP contribution in [0.15, 0.2) is 22.8 Å². The van der Waals surface area contributed by atoms with Crippen molar-refractivity contribution in [2.24, 2.45) is 5.41 Å². The maximum absolute atomic E-state index is 12.4. The van der Waals surface area contributed by atoms with Crippen LogP contribution in [0.25, 0.3) is 0 Å². The van der Waals surface area contributed by atoms with E-state index in [0.29, 0.717) is 48.4 Å². The van der Waals surface area contributed by atoms with Gasteiger partial charge in [0, 0.05) is 32.6 Å². The molecule has 2 amide bonds. The normalized spacial score (nSPS) is 19.1. The molecule has 0 radical (unpaired) electrons. The summed E-state index contributed by atoms with van der Waals surface area (Å²) in [4.78, 5) is 45.9. The third-order valence-electron chi connectivity index (χ3n) is 5.24. The highest BCUT2D eigenvalue weighted by molar-refractivity contribution is 7.17. The van der Waals surface area contributed by atoms with Crippen molar-refractivity contribution in [3.8, 4) is 0 Å². The smallest absolute Gasteiger partial charge is 0.289 e. The van der Waals surface area contributed by atoms with E-state index in [2.05, 4.69) is 24.1 Å². The quantitative estimate of drug-likeness (QED) is 0.822. The molecule has 29 heavy (non-hydrogen) atoms. The Labute approximate surface area is 172 Å². The number of carbonyl (C=O) groups is 3. The van der Waals surface area contributed by atoms with Crippen LogP contribution < -0.4 is 5.32 Å². The molecule has 154 valence electrons. The van der Waals surface area contributed by atoms with Gasteiger partial charge >= 0.3 is 0 Å². The van der Waals surface area contributed by atoms with Gasteiger partial charge in [0.2, 0.25) is 5.91 Å². The van der Waals surface area contributed by atoms with E-state index in [-0.39, 0.29) is 29.6 Å². The van der Waals surface area contributed by atoms with Gasteiger partial charge in [0.15, 0.2) is 16.7 Å². The first-order valence-corrected chi connectivity index (χ1v) is 10.5. The van der Waals surface area contributed by atoms with E-state index >= 15 is 0 Å². The van der Waals surface area contributed by atoms with E-state index < -0.39 is 0 Å². The van der Waals surface area contributed by atoms with Gasteiger partial charge in [-0.2, -0.15) is 0 Å². The van der Waals surface area contributed by atoms with Crippen molar-refractivity contribution in [3.05, 3.63) is 34.7 Å². The van der Waals surface area contributed by atoms with Crippen molar-refractivity contribution in [1.82, 2.24) is 14.8 Å². The Morgan fingerprint density at radius 1 is 1.24 bits per heavy atom. The molecule has 8 nitrogen and oxygen atoms in total. The zero-order valence-corrected chi connectivity index (χ0v) is 17.4. The molecule has 0 saturated carbocycles. The minimum absolute atomic E-state index is 0.0911. The molecule has 9 heteroatoms. The van der Waals surface area contributed by atoms with E-state index in [1.807, 2.05) is 4.90 Å². The minimum Gasteiger partial charge on any atom is -0.459 e. The highest BCUT2D eigenvalue weighted by Gasteiger charge is 2.34. The second-order valence-corrected chi connectivity index (χ2v) is 9.33. The summed E-state index contributed by atoms with van der Waals surface area (Å²) in [5, 5.41) is 3.31. The zero-order valence-electron chi connectivity index (χ0n) is 16.6. The lowest BCUT2D eigenvalue weighted by atomic mass is 9.78. The molecule has 2 aliphatic rings. The number of hydrogen-bond donors (Lipinski definition) is 1. The first kappa shape index (κ1) is 19.8. The number of piperazine rings is 1. The topological polar surface area (TPSA) is 95.8 Å². The van der Waals surface area contributed by atoms with Crippen molar-refractivity contribution < 1.29 is 18.8 Å². The summed E-state index contributed by atoms with van der Waals surface area (Å²) in [5.74, 6) is 0.155. The Morgan fingerprint density at radius 2 is 2.00 bits per heavy atom. The third-order valence-corrected chi connectivity index (χ3v) is 6.29. The maximum atomic E-state index is 12.4. The lowest BCUT2D eigenvalue weighted by molar-refractivity contribution is -0.117. The highest BCUT2D eigenvalue weighted by Crippen LogP contribution is 2.38. The Morgan fingerprint density at radius 3 is 2.69 bits per heavy atom. The minimum atomic E-state index is -0.159. The largest absolute Gasteiger partial charge is 0.459 e. The molecular weight excluding hydrogens is 392 g/mol. The molecule has 3 heterocycles. The second-order valence-electron chi connectivity index (χ2n) is 8.33. The lowest BCUT2D eigenvalue weighted by Gasteiger charge is -2.33. The molecule has 1 N–H and O–H groups in total. The second kappa shape index (κ2) is 7.72. The van der Waals surface area contributed by atoms with Crippen molar-refractivity contribution in [1.29, 1.82) is 0 Å². The molecule has 0 spiro atoms. The molecule has 2 aromatic heterocycles. The van der Waals surface area contributed by atoms with E-state index in [0.717, 1.165) is 12.1 Å². The predicted molar refractivity (Wildman–Crippen MR) is 108 cm³/mol. The van der Waals surface area contributed by atoms with Crippen LogP contribution >= 0.6 is 11.3 Å². The van der Waals surface area contributed by atoms with Gasteiger partial charge in [-0.15, -0.1) is 0 Å². The van der Waals surface area contributed by atoms with Gasteiger partial charge < -0.3 is 14.6 Å². The van der Waals surface area contributed by atoms with E-state index in [1.54, 1.807) is 17.0 Å². The van der Waals surface area contributed by atoms with Crippen molar-refractivity contribution in [3.63, 3.8) is 0 Å². The third kappa shape index (κ3) is 4.40. The number of rotatable bonds is 4. The molecule has 1 saturated heterocycles. The molecule has 0 unspecified atom stereocenters. The number of amides is 2. The number of carbonyl (C=O) groups excluding carboxylic acids is 3. The molecule has 2 aromatic rings. The number of Topliss-reactive ketones (excluding diaryl/α,β-unsaturated/α-hetero) is 1. The number of ketones is 1. The van der Waals surface area contributed by atoms with Crippen LogP contribution in [0.4, 0.5) is 5.13 Å². The summed E-state index contributed by atoms with van der Waals surface area (Å²) in [6, 6.07) is 3.35. The number of aromatic nitrogens is 1. The predicted octanol–water partition coefficient (Wildman–Crippen LogP) is 2.29. The summed E-state index contributed by atoms with van der Waals surface area (Å²) in [7, 11) is 0. The fourth-order valence-electron chi connectivity index (χ4n) is 3.80. The van der Waals surface area contributed by atoms with Crippen LogP contribution in [0.3, 0.4) is 0 Å². The molecule has 1 fully saturated rings. The van der Waals surface area contributed by atoms with Crippen LogP contribution in [-0.2, 0) is 11.2 Å². The fourth-order valence-corrected chi connectivity index (χ4v) is 4.74. The average molecular weight is 417 g/mol. The standard InChI is InChI=1S/C20H24N4O4S/c1-20(2)10-13-17(14(25)11-20)29-19(21-13)22-16(26)12-23-5-7-24(8-6-23)18(27)15-4-3-9-28-15/h3-4,9H,5-8,10-12H2,1-2H3,(H,21,22,26). The number of anilines is 1. The molecule has 0 aromatic carbocycles. The van der Waals surface area contributed by atoms with Crippen molar-refractivity contribution in [2.75, 3.05) is 38.0 Å². The maximum Gasteiger partial charge on any atom is 0.289 e. The Hall–Kier alpha value is -2.52. The average Bonchev–Trinajstić information content (AvgIpc) is 3.30. The van der Waals surface area contributed by atoms with Crippen LogP contribution in [0.5, 0.6) is 0 Å². The van der Waals surface area contributed by atoms with Gasteiger partial charge in [0.05, 0.1) is 23.4 Å². The Bertz CT molecular complexity index is 926. The fraction of sp³-hybridized carbons (Fsp3) is 0.500. The number of fused-ring (bicyclic) bond motifs is 1. The monoisotopic (exact) mass is 416 g/mol. The Balaban J connectivity index is 1.29. The van der Waals surface area contributed by atoms with Crippen molar-refractivity contribution in [2.45, 2.75) is 26.7 Å². The summed E-state index contributed by atoms with van der Waals surface area (Å²) >= 11 is 1.26. The van der Waals surface area contributed by atoms with Crippen LogP contribution in [0, 0.1) is 5.41 Å². The number of thiazole rings is 1. The zero-order chi connectivity index (χ0) is 20.6. The summed E-state index contributed by atoms with van der Waals surface area (Å²) in [5.41, 5.74) is 0.697. The van der Waals surface area contributed by atoms with Gasteiger partial charge in [-0.1, -0.05) is 25.2 Å². The lowest BCUT2D eigenvalue weighted by Crippen LogP contribution is -2.50. The molecule has 4 rings (SSSR count). The molecular formula is C20H24N4O4S. The molecule has 1 aliphatic carbocycles. The highest BCUT2D eigenvalue weighted by atomic mass is 32.1. The van der Waals surface area contributed by atoms with Gasteiger partial charge in [-0.25, -0.2) is 4.98 Å². The SMILES string of the molecule is CC1(C)CC(=O)c2sc(NC(=O)CN3CCN(C(=O)c4ccco4)CC3)nc2C1. The first-order chi connectivity index (χ1) is 13.8. The summed E-state index contributed by atoms with van der Waals surface area (Å²) in [6.07, 6.45) is 2.74. The van der Waals surface area contributed by atoms with E-state index in [4.69, 9.17) is 4.42 Å². The number of hydrogen-bond acceptors (Lipinski definition) is 7. The number of nitrogens with one attached hydrogen (secondary N) is 1. The number of nitrogens with zero attached hydrogens (tertiary/aromatic N) is 3. The van der Waals surface area contributed by atoms with Gasteiger partial charge in [0.1, 0.15) is 0 Å². The van der Waals surface area contributed by atoms with Gasteiger partial charge in [-0.05, 0) is 24.0 Å². The van der Waals surface area contributed by atoms with Crippen LogP contribution in [0.1, 0.15) is 46.2 Å². The van der Waals surface area contributed by atoms with Crippen LogP contribution in [0.2, 0.25) is 0 Å². The van der Waals surface area contributed by atoms with Gasteiger partial charge in [-0.3, -0.25) is 19.3 Å². The molecule has 0 atom stereocenters. The van der Waals surface area contributed by atoms with Gasteiger partial charge in [0.25, 0.3) is 5.91 Å².